The van der Waals surface area contributed by atoms with Crippen molar-refractivity contribution in [3.8, 4) is 5.75 Å². The number of hydrogen-bond donors (Lipinski definition) is 0. The summed E-state index contributed by atoms with van der Waals surface area (Å²) < 4.78 is 23.6. The molecule has 0 aromatic heterocycles. The minimum atomic E-state index is -0.315. The van der Waals surface area contributed by atoms with Crippen LogP contribution < -0.4 is 4.74 Å². The summed E-state index contributed by atoms with van der Waals surface area (Å²) in [7, 11) is 3.55. The highest BCUT2D eigenvalue weighted by molar-refractivity contribution is 5.29. The Morgan fingerprint density at radius 1 is 1.38 bits per heavy atom. The molecule has 0 heterocycles. The van der Waals surface area contributed by atoms with Gasteiger partial charge in [-0.05, 0) is 31.7 Å². The van der Waals surface area contributed by atoms with Gasteiger partial charge < -0.3 is 9.47 Å². The highest BCUT2D eigenvalue weighted by Crippen LogP contribution is 2.18. The third-order valence-corrected chi connectivity index (χ3v) is 2.10. The van der Waals surface area contributed by atoms with E-state index in [2.05, 4.69) is 0 Å². The van der Waals surface area contributed by atoms with Gasteiger partial charge >= 0.3 is 0 Å². The Morgan fingerprint density at radius 2 is 2.12 bits per heavy atom. The number of rotatable bonds is 6. The normalized spacial score (nSPS) is 10.8. The molecule has 90 valence electrons. The van der Waals surface area contributed by atoms with E-state index in [4.69, 9.17) is 9.47 Å². The topological polar surface area (TPSA) is 21.7 Å². The molecule has 0 radical (unpaired) electrons. The van der Waals surface area contributed by atoms with E-state index in [-0.39, 0.29) is 5.82 Å². The molecule has 0 atom stereocenters. The summed E-state index contributed by atoms with van der Waals surface area (Å²) >= 11 is 0. The molecule has 1 rings (SSSR count). The van der Waals surface area contributed by atoms with Gasteiger partial charge in [-0.15, -0.1) is 0 Å². The Hall–Kier alpha value is -1.13. The number of halogens is 1. The fourth-order valence-corrected chi connectivity index (χ4v) is 1.49. The molecule has 0 bridgehead atoms. The molecule has 0 N–H and O–H groups in total. The predicted octanol–water partition coefficient (Wildman–Crippen LogP) is 2.26. The number of ether oxygens (including phenoxy) is 2. The first kappa shape index (κ1) is 12.9. The lowest BCUT2D eigenvalue weighted by atomic mass is 10.2. The molecule has 0 spiro atoms. The van der Waals surface area contributed by atoms with Crippen LogP contribution in [0.4, 0.5) is 4.39 Å². The highest BCUT2D eigenvalue weighted by Gasteiger charge is 2.05. The van der Waals surface area contributed by atoms with E-state index in [1.807, 2.05) is 24.9 Å². The van der Waals surface area contributed by atoms with Crippen LogP contribution in [0.1, 0.15) is 12.5 Å². The zero-order chi connectivity index (χ0) is 12.0. The fraction of sp³-hybridized carbons (Fsp3) is 0.500. The average molecular weight is 227 g/mol. The summed E-state index contributed by atoms with van der Waals surface area (Å²) in [5, 5.41) is 0. The van der Waals surface area contributed by atoms with Crippen LogP contribution in [0, 0.1) is 5.82 Å². The maximum absolute atomic E-state index is 13.5. The predicted molar refractivity (Wildman–Crippen MR) is 60.9 cm³/mol. The number of nitrogens with zero attached hydrogens (tertiary/aromatic N) is 1. The fourth-order valence-electron chi connectivity index (χ4n) is 1.49. The van der Waals surface area contributed by atoms with Crippen molar-refractivity contribution in [2.24, 2.45) is 0 Å². The minimum absolute atomic E-state index is 0.306. The molecule has 0 aliphatic rings. The van der Waals surface area contributed by atoms with E-state index >= 15 is 0 Å². The van der Waals surface area contributed by atoms with Gasteiger partial charge in [-0.1, -0.05) is 6.07 Å². The Balaban J connectivity index is 2.65. The van der Waals surface area contributed by atoms with Gasteiger partial charge in [0, 0.05) is 13.7 Å². The van der Waals surface area contributed by atoms with Crippen LogP contribution in [0.25, 0.3) is 0 Å². The van der Waals surface area contributed by atoms with Gasteiger partial charge in [0.25, 0.3) is 0 Å². The third-order valence-electron chi connectivity index (χ3n) is 2.10. The summed E-state index contributed by atoms with van der Waals surface area (Å²) in [4.78, 5) is 1.95. The van der Waals surface area contributed by atoms with Crippen molar-refractivity contribution >= 4 is 0 Å². The smallest absolute Gasteiger partial charge is 0.165 e. The van der Waals surface area contributed by atoms with Crippen molar-refractivity contribution in [1.82, 2.24) is 4.90 Å². The van der Waals surface area contributed by atoms with Gasteiger partial charge in [0.1, 0.15) is 0 Å². The van der Waals surface area contributed by atoms with Gasteiger partial charge in [-0.25, -0.2) is 4.39 Å². The molecular formula is C12H18FNO2. The molecule has 4 heteroatoms. The molecule has 1 aromatic carbocycles. The number of hydrogen-bond acceptors (Lipinski definition) is 3. The van der Waals surface area contributed by atoms with Crippen LogP contribution in [0.5, 0.6) is 5.75 Å². The first-order valence-electron chi connectivity index (χ1n) is 5.26. The average Bonchev–Trinajstić information content (AvgIpc) is 2.22. The number of methoxy groups -OCH3 is 1. The molecule has 0 unspecified atom stereocenters. The van der Waals surface area contributed by atoms with E-state index in [1.165, 1.54) is 6.07 Å². The first-order chi connectivity index (χ1) is 7.67. The van der Waals surface area contributed by atoms with E-state index in [0.29, 0.717) is 25.6 Å². The van der Waals surface area contributed by atoms with Crippen molar-refractivity contribution in [2.75, 3.05) is 27.5 Å². The lowest BCUT2D eigenvalue weighted by molar-refractivity contribution is 0.0771. The largest absolute Gasteiger partial charge is 0.491 e. The molecule has 0 fully saturated rings. The Kier molecular flexibility index (Phi) is 5.22. The van der Waals surface area contributed by atoms with E-state index in [1.54, 1.807) is 13.2 Å². The van der Waals surface area contributed by atoms with E-state index in [0.717, 1.165) is 5.56 Å². The molecule has 3 nitrogen and oxygen atoms in total. The van der Waals surface area contributed by atoms with Gasteiger partial charge in [0.05, 0.1) is 13.3 Å². The van der Waals surface area contributed by atoms with Crippen LogP contribution in [0.15, 0.2) is 18.2 Å². The van der Waals surface area contributed by atoms with Crippen molar-refractivity contribution in [3.05, 3.63) is 29.6 Å². The van der Waals surface area contributed by atoms with Gasteiger partial charge in [-0.3, -0.25) is 4.90 Å². The molecule has 0 amide bonds. The van der Waals surface area contributed by atoms with Crippen LogP contribution >= 0.6 is 0 Å². The number of benzene rings is 1. The molecule has 0 saturated carbocycles. The summed E-state index contributed by atoms with van der Waals surface area (Å²) in [5.74, 6) is -0.00851. The second-order valence-corrected chi connectivity index (χ2v) is 3.63. The van der Waals surface area contributed by atoms with Crippen molar-refractivity contribution in [2.45, 2.75) is 13.5 Å². The van der Waals surface area contributed by atoms with E-state index in [9.17, 15) is 4.39 Å². The van der Waals surface area contributed by atoms with Gasteiger partial charge in [-0.2, -0.15) is 0 Å². The van der Waals surface area contributed by atoms with Gasteiger partial charge in [0.2, 0.25) is 0 Å². The minimum Gasteiger partial charge on any atom is -0.491 e. The van der Waals surface area contributed by atoms with Crippen LogP contribution in [-0.2, 0) is 11.3 Å². The molecule has 1 aromatic rings. The zero-order valence-electron chi connectivity index (χ0n) is 10.00. The molecular weight excluding hydrogens is 209 g/mol. The van der Waals surface area contributed by atoms with Crippen molar-refractivity contribution in [3.63, 3.8) is 0 Å². The van der Waals surface area contributed by atoms with Crippen molar-refractivity contribution < 1.29 is 13.9 Å². The Morgan fingerprint density at radius 3 is 2.69 bits per heavy atom. The monoisotopic (exact) mass is 227 g/mol. The zero-order valence-corrected chi connectivity index (χ0v) is 10.00. The van der Waals surface area contributed by atoms with Gasteiger partial charge in [0.15, 0.2) is 11.6 Å². The lowest BCUT2D eigenvalue weighted by Gasteiger charge is -2.15. The summed E-state index contributed by atoms with van der Waals surface area (Å²) in [6.07, 6.45) is 0. The third kappa shape index (κ3) is 3.79. The van der Waals surface area contributed by atoms with Crippen LogP contribution in [0.3, 0.4) is 0 Å². The maximum atomic E-state index is 13.5. The molecule has 0 aliphatic heterocycles. The standard InChI is InChI=1S/C12H18FNO2/c1-4-16-12-6-5-10(7-11(12)13)8-14(2)9-15-3/h5-7H,4,8-9H2,1-3H3. The molecule has 0 aliphatic carbocycles. The summed E-state index contributed by atoms with van der Waals surface area (Å²) in [6, 6.07) is 5.02. The second-order valence-electron chi connectivity index (χ2n) is 3.63. The Labute approximate surface area is 95.8 Å². The summed E-state index contributed by atoms with van der Waals surface area (Å²) in [5.41, 5.74) is 0.903. The van der Waals surface area contributed by atoms with Crippen LogP contribution in [-0.4, -0.2) is 32.4 Å². The lowest BCUT2D eigenvalue weighted by Crippen LogP contribution is -2.20. The first-order valence-corrected chi connectivity index (χ1v) is 5.26. The van der Waals surface area contributed by atoms with Crippen molar-refractivity contribution in [1.29, 1.82) is 0 Å². The SMILES string of the molecule is CCOc1ccc(CN(C)COC)cc1F. The van der Waals surface area contributed by atoms with Crippen LogP contribution in [0.2, 0.25) is 0 Å². The Bertz CT molecular complexity index is 331. The quantitative estimate of drug-likeness (QED) is 0.696. The molecule has 16 heavy (non-hydrogen) atoms. The maximum Gasteiger partial charge on any atom is 0.165 e. The second kappa shape index (κ2) is 6.45. The molecule has 0 saturated heterocycles. The van der Waals surface area contributed by atoms with E-state index < -0.39 is 0 Å². The highest BCUT2D eigenvalue weighted by atomic mass is 19.1. The summed E-state index contributed by atoms with van der Waals surface area (Å²) in [6.45, 7) is 3.48.